The number of halogens is 3. The second-order valence-corrected chi connectivity index (χ2v) is 5.38. The molecule has 110 valence electrons. The highest BCUT2D eigenvalue weighted by atomic mass is 19.4. The maximum Gasteiger partial charge on any atom is 0.573 e. The largest absolute Gasteiger partial charge is 0.573 e. The van der Waals surface area contributed by atoms with Crippen molar-refractivity contribution in [1.29, 1.82) is 0 Å². The molecule has 1 aromatic carbocycles. The number of para-hydroxylation sites is 1. The highest BCUT2D eigenvalue weighted by Crippen LogP contribution is 2.45. The lowest BCUT2D eigenvalue weighted by Gasteiger charge is -2.27. The van der Waals surface area contributed by atoms with Gasteiger partial charge in [0.1, 0.15) is 5.75 Å². The number of hydrogen-bond acceptors (Lipinski definition) is 3. The predicted octanol–water partition coefficient (Wildman–Crippen LogP) is 3.15. The van der Waals surface area contributed by atoms with E-state index >= 15 is 0 Å². The summed E-state index contributed by atoms with van der Waals surface area (Å²) in [6.07, 6.45) is -1.66. The van der Waals surface area contributed by atoms with Crippen molar-refractivity contribution >= 4 is 0 Å². The van der Waals surface area contributed by atoms with Crippen LogP contribution < -0.4 is 10.5 Å². The molecule has 0 amide bonds. The normalized spacial score (nSPS) is 30.5. The molecule has 0 aromatic heterocycles. The van der Waals surface area contributed by atoms with Crippen molar-refractivity contribution in [3.8, 4) is 5.75 Å². The van der Waals surface area contributed by atoms with Gasteiger partial charge in [-0.3, -0.25) is 0 Å². The van der Waals surface area contributed by atoms with Gasteiger partial charge in [0, 0.05) is 17.5 Å². The zero-order chi connectivity index (χ0) is 14.3. The highest BCUT2D eigenvalue weighted by Gasteiger charge is 2.44. The highest BCUT2D eigenvalue weighted by molar-refractivity contribution is 5.36. The lowest BCUT2D eigenvalue weighted by atomic mass is 9.81. The number of fused-ring (bicyclic) bond motifs is 2. The van der Waals surface area contributed by atoms with E-state index in [1.54, 1.807) is 12.1 Å². The van der Waals surface area contributed by atoms with Crippen molar-refractivity contribution in [3.63, 3.8) is 0 Å². The summed E-state index contributed by atoms with van der Waals surface area (Å²) in [4.78, 5) is 0. The molecule has 20 heavy (non-hydrogen) atoms. The Labute approximate surface area is 114 Å². The molecule has 2 fully saturated rings. The number of alkyl halides is 3. The van der Waals surface area contributed by atoms with Gasteiger partial charge in [-0.25, -0.2) is 0 Å². The first-order valence-corrected chi connectivity index (χ1v) is 6.70. The van der Waals surface area contributed by atoms with Gasteiger partial charge in [0.05, 0.1) is 12.2 Å². The summed E-state index contributed by atoms with van der Waals surface area (Å²) in [7, 11) is 0. The van der Waals surface area contributed by atoms with Gasteiger partial charge >= 0.3 is 6.36 Å². The molecule has 0 aliphatic carbocycles. The molecule has 2 aliphatic rings. The Bertz CT molecular complexity index is 492. The first kappa shape index (κ1) is 13.7. The SMILES string of the molecule is NC(c1ccccc1OC(F)(F)F)C1CC2CCC1O2. The first-order chi connectivity index (χ1) is 9.44. The van der Waals surface area contributed by atoms with E-state index in [1.807, 2.05) is 0 Å². The number of nitrogens with two attached hydrogens (primary N) is 1. The van der Waals surface area contributed by atoms with Crippen LogP contribution in [0.4, 0.5) is 13.2 Å². The summed E-state index contributed by atoms with van der Waals surface area (Å²) in [6.45, 7) is 0. The van der Waals surface area contributed by atoms with Crippen molar-refractivity contribution in [1.82, 2.24) is 0 Å². The minimum absolute atomic E-state index is 0.0618. The van der Waals surface area contributed by atoms with E-state index in [9.17, 15) is 13.2 Å². The predicted molar refractivity (Wildman–Crippen MR) is 66.1 cm³/mol. The Morgan fingerprint density at radius 1 is 1.25 bits per heavy atom. The number of ether oxygens (including phenoxy) is 2. The molecule has 2 N–H and O–H groups in total. The van der Waals surface area contributed by atoms with E-state index < -0.39 is 12.4 Å². The molecule has 0 radical (unpaired) electrons. The molecule has 0 saturated carbocycles. The Hall–Kier alpha value is -1.27. The number of benzene rings is 1. The van der Waals surface area contributed by atoms with Gasteiger partial charge in [-0.2, -0.15) is 0 Å². The Balaban J connectivity index is 1.82. The molecule has 0 spiro atoms. The van der Waals surface area contributed by atoms with Crippen molar-refractivity contribution in [3.05, 3.63) is 29.8 Å². The van der Waals surface area contributed by atoms with Gasteiger partial charge in [-0.05, 0) is 25.3 Å². The smallest absolute Gasteiger partial charge is 0.405 e. The molecular weight excluding hydrogens is 271 g/mol. The molecule has 4 atom stereocenters. The topological polar surface area (TPSA) is 44.5 Å². The summed E-state index contributed by atoms with van der Waals surface area (Å²) >= 11 is 0. The molecule has 2 heterocycles. The molecule has 6 heteroatoms. The molecule has 3 rings (SSSR count). The zero-order valence-electron chi connectivity index (χ0n) is 10.8. The van der Waals surface area contributed by atoms with Crippen molar-refractivity contribution in [2.24, 2.45) is 11.7 Å². The Morgan fingerprint density at radius 3 is 2.60 bits per heavy atom. The van der Waals surface area contributed by atoms with Crippen LogP contribution >= 0.6 is 0 Å². The van der Waals surface area contributed by atoms with Crippen LogP contribution in [0.2, 0.25) is 0 Å². The Morgan fingerprint density at radius 2 is 2.00 bits per heavy atom. The van der Waals surface area contributed by atoms with Crippen molar-refractivity contribution in [2.75, 3.05) is 0 Å². The maximum atomic E-state index is 12.4. The van der Waals surface area contributed by atoms with Crippen LogP contribution in [0.5, 0.6) is 5.75 Å². The quantitative estimate of drug-likeness (QED) is 0.928. The standard InChI is InChI=1S/C14H16F3NO2/c15-14(16,17)20-12-4-2-1-3-9(12)13(18)10-7-8-5-6-11(10)19-8/h1-4,8,10-11,13H,5-7,18H2. The first-order valence-electron chi connectivity index (χ1n) is 6.70. The lowest BCUT2D eigenvalue weighted by molar-refractivity contribution is -0.275. The van der Waals surface area contributed by atoms with Crippen LogP contribution in [-0.2, 0) is 4.74 Å². The maximum absolute atomic E-state index is 12.4. The van der Waals surface area contributed by atoms with E-state index in [1.165, 1.54) is 12.1 Å². The third-order valence-electron chi connectivity index (χ3n) is 4.12. The van der Waals surface area contributed by atoms with Crippen LogP contribution in [0, 0.1) is 5.92 Å². The summed E-state index contributed by atoms with van der Waals surface area (Å²) in [5, 5.41) is 0. The van der Waals surface area contributed by atoms with Gasteiger partial charge < -0.3 is 15.2 Å². The number of hydrogen-bond donors (Lipinski definition) is 1. The van der Waals surface area contributed by atoms with Crippen LogP contribution in [0.3, 0.4) is 0 Å². The van der Waals surface area contributed by atoms with Gasteiger partial charge in [-0.1, -0.05) is 18.2 Å². The average molecular weight is 287 g/mol. The van der Waals surface area contributed by atoms with Crippen LogP contribution in [0.25, 0.3) is 0 Å². The Kier molecular flexibility index (Phi) is 3.38. The third-order valence-corrected chi connectivity index (χ3v) is 4.12. The fourth-order valence-corrected chi connectivity index (χ4v) is 3.26. The van der Waals surface area contributed by atoms with E-state index in [4.69, 9.17) is 10.5 Å². The van der Waals surface area contributed by atoms with Gasteiger partial charge in [0.25, 0.3) is 0 Å². The molecule has 2 aliphatic heterocycles. The van der Waals surface area contributed by atoms with E-state index in [0.29, 0.717) is 5.56 Å². The fraction of sp³-hybridized carbons (Fsp3) is 0.571. The minimum Gasteiger partial charge on any atom is -0.405 e. The van der Waals surface area contributed by atoms with Crippen LogP contribution in [0.15, 0.2) is 24.3 Å². The fourth-order valence-electron chi connectivity index (χ4n) is 3.26. The molecule has 1 aromatic rings. The third kappa shape index (κ3) is 2.62. The van der Waals surface area contributed by atoms with Crippen molar-refractivity contribution in [2.45, 2.75) is 43.9 Å². The van der Waals surface area contributed by atoms with Gasteiger partial charge in [-0.15, -0.1) is 13.2 Å². The summed E-state index contributed by atoms with van der Waals surface area (Å²) < 4.78 is 47.1. The minimum atomic E-state index is -4.71. The monoisotopic (exact) mass is 287 g/mol. The summed E-state index contributed by atoms with van der Waals surface area (Å²) in [5.74, 6) is -0.151. The van der Waals surface area contributed by atoms with Crippen molar-refractivity contribution < 1.29 is 22.6 Å². The van der Waals surface area contributed by atoms with Crippen LogP contribution in [0.1, 0.15) is 30.9 Å². The molecular formula is C14H16F3NO2. The lowest BCUT2D eigenvalue weighted by Crippen LogP contribution is -2.30. The summed E-state index contributed by atoms with van der Waals surface area (Å²) in [6, 6.07) is 5.58. The number of rotatable bonds is 3. The second-order valence-electron chi connectivity index (χ2n) is 5.38. The molecule has 2 bridgehead atoms. The average Bonchev–Trinajstić information content (AvgIpc) is 2.99. The molecule has 3 nitrogen and oxygen atoms in total. The zero-order valence-corrected chi connectivity index (χ0v) is 10.8. The molecule has 2 saturated heterocycles. The van der Waals surface area contributed by atoms with E-state index in [-0.39, 0.29) is 23.9 Å². The summed E-state index contributed by atoms with van der Waals surface area (Å²) in [5.41, 5.74) is 6.57. The van der Waals surface area contributed by atoms with E-state index in [2.05, 4.69) is 4.74 Å². The second kappa shape index (κ2) is 4.93. The molecule has 4 unspecified atom stereocenters. The van der Waals surface area contributed by atoms with Gasteiger partial charge in [0.15, 0.2) is 0 Å². The van der Waals surface area contributed by atoms with Gasteiger partial charge in [0.2, 0.25) is 0 Å². The van der Waals surface area contributed by atoms with Crippen LogP contribution in [-0.4, -0.2) is 18.6 Å². The van der Waals surface area contributed by atoms with E-state index in [0.717, 1.165) is 19.3 Å².